The molecule has 1 aliphatic rings. The molecule has 0 bridgehead atoms. The van der Waals surface area contributed by atoms with Gasteiger partial charge in [-0.15, -0.1) is 0 Å². The fourth-order valence-corrected chi connectivity index (χ4v) is 2.03. The molecule has 2 rings (SSSR count). The molecule has 0 spiro atoms. The molecule has 1 aromatic rings. The SMILES string of the molecule is CCCOc1ccc(NC2CC(=O)NC2=O)cc1Cl. The Kier molecular flexibility index (Phi) is 4.27. The predicted molar refractivity (Wildman–Crippen MR) is 72.4 cm³/mol. The van der Waals surface area contributed by atoms with E-state index in [1.807, 2.05) is 6.92 Å². The molecule has 1 heterocycles. The lowest BCUT2D eigenvalue weighted by atomic mass is 10.2. The second-order valence-corrected chi connectivity index (χ2v) is 4.71. The van der Waals surface area contributed by atoms with Gasteiger partial charge < -0.3 is 10.1 Å². The number of anilines is 1. The van der Waals surface area contributed by atoms with Gasteiger partial charge in [0.05, 0.1) is 18.1 Å². The maximum absolute atomic E-state index is 11.4. The van der Waals surface area contributed by atoms with Crippen LogP contribution in [0.3, 0.4) is 0 Å². The number of carbonyl (C=O) groups excluding carboxylic acids is 2. The maximum Gasteiger partial charge on any atom is 0.249 e. The maximum atomic E-state index is 11.4. The van der Waals surface area contributed by atoms with Crippen LogP contribution in [0.1, 0.15) is 19.8 Å². The first-order chi connectivity index (χ1) is 9.10. The summed E-state index contributed by atoms with van der Waals surface area (Å²) in [7, 11) is 0. The Bertz CT molecular complexity index is 505. The van der Waals surface area contributed by atoms with Crippen molar-refractivity contribution in [3.05, 3.63) is 23.2 Å². The zero-order chi connectivity index (χ0) is 13.8. The summed E-state index contributed by atoms with van der Waals surface area (Å²) in [6, 6.07) is 4.66. The van der Waals surface area contributed by atoms with Crippen molar-refractivity contribution < 1.29 is 14.3 Å². The third-order valence-corrected chi connectivity index (χ3v) is 3.00. The molecule has 0 aromatic heterocycles. The Morgan fingerprint density at radius 3 is 2.84 bits per heavy atom. The second-order valence-electron chi connectivity index (χ2n) is 4.31. The molecule has 19 heavy (non-hydrogen) atoms. The highest BCUT2D eigenvalue weighted by molar-refractivity contribution is 6.32. The van der Waals surface area contributed by atoms with E-state index in [0.29, 0.717) is 23.1 Å². The van der Waals surface area contributed by atoms with Crippen LogP contribution in [0.25, 0.3) is 0 Å². The van der Waals surface area contributed by atoms with E-state index in [0.717, 1.165) is 6.42 Å². The van der Waals surface area contributed by atoms with Crippen LogP contribution < -0.4 is 15.4 Å². The van der Waals surface area contributed by atoms with Crippen LogP contribution in [0.2, 0.25) is 5.02 Å². The minimum absolute atomic E-state index is 0.143. The standard InChI is InChI=1S/C13H15ClN2O3/c1-2-5-19-11-4-3-8(6-9(11)14)15-10-7-12(17)16-13(10)18/h3-4,6,10,15H,2,5,7H2,1H3,(H,16,17,18). The van der Waals surface area contributed by atoms with E-state index in [4.69, 9.17) is 16.3 Å². The Balaban J connectivity index is 2.03. The van der Waals surface area contributed by atoms with Crippen molar-refractivity contribution in [2.24, 2.45) is 0 Å². The third-order valence-electron chi connectivity index (χ3n) is 2.70. The van der Waals surface area contributed by atoms with Crippen LogP contribution in [0.4, 0.5) is 5.69 Å². The zero-order valence-corrected chi connectivity index (χ0v) is 11.3. The van der Waals surface area contributed by atoms with Crippen molar-refractivity contribution >= 4 is 29.1 Å². The molecule has 1 unspecified atom stereocenters. The summed E-state index contributed by atoms with van der Waals surface area (Å²) in [4.78, 5) is 22.5. The normalized spacial score (nSPS) is 18.3. The molecule has 2 amide bonds. The fraction of sp³-hybridized carbons (Fsp3) is 0.385. The Labute approximate surface area is 116 Å². The van der Waals surface area contributed by atoms with Crippen LogP contribution in [-0.2, 0) is 9.59 Å². The van der Waals surface area contributed by atoms with Crippen molar-refractivity contribution in [3.8, 4) is 5.75 Å². The quantitative estimate of drug-likeness (QED) is 0.810. The van der Waals surface area contributed by atoms with Crippen molar-refractivity contribution in [1.29, 1.82) is 0 Å². The summed E-state index contributed by atoms with van der Waals surface area (Å²) in [5.74, 6) is 0.0324. The summed E-state index contributed by atoms with van der Waals surface area (Å²) >= 11 is 6.08. The minimum atomic E-state index is -0.536. The number of hydrogen-bond donors (Lipinski definition) is 2. The average Bonchev–Trinajstić information content (AvgIpc) is 2.67. The van der Waals surface area contributed by atoms with Crippen molar-refractivity contribution in [2.45, 2.75) is 25.8 Å². The number of amides is 2. The Morgan fingerprint density at radius 1 is 1.47 bits per heavy atom. The van der Waals surface area contributed by atoms with Gasteiger partial charge in [-0.05, 0) is 24.6 Å². The number of rotatable bonds is 5. The average molecular weight is 283 g/mol. The lowest BCUT2D eigenvalue weighted by Crippen LogP contribution is -2.29. The Hall–Kier alpha value is -1.75. The van der Waals surface area contributed by atoms with Gasteiger partial charge in [-0.2, -0.15) is 0 Å². The van der Waals surface area contributed by atoms with E-state index in [2.05, 4.69) is 10.6 Å². The smallest absolute Gasteiger partial charge is 0.249 e. The van der Waals surface area contributed by atoms with E-state index >= 15 is 0 Å². The van der Waals surface area contributed by atoms with Gasteiger partial charge in [0.25, 0.3) is 0 Å². The highest BCUT2D eigenvalue weighted by Gasteiger charge is 2.30. The summed E-state index contributed by atoms with van der Waals surface area (Å²) in [5.41, 5.74) is 0.684. The second kappa shape index (κ2) is 5.93. The molecule has 5 nitrogen and oxygen atoms in total. The summed E-state index contributed by atoms with van der Waals surface area (Å²) in [6.07, 6.45) is 1.05. The summed E-state index contributed by atoms with van der Waals surface area (Å²) < 4.78 is 5.46. The molecule has 1 atom stereocenters. The number of hydrogen-bond acceptors (Lipinski definition) is 4. The van der Waals surface area contributed by atoms with E-state index < -0.39 is 6.04 Å². The number of halogens is 1. The fourth-order valence-electron chi connectivity index (χ4n) is 1.79. The highest BCUT2D eigenvalue weighted by atomic mass is 35.5. The third kappa shape index (κ3) is 3.38. The van der Waals surface area contributed by atoms with Crippen molar-refractivity contribution in [2.75, 3.05) is 11.9 Å². The van der Waals surface area contributed by atoms with Gasteiger partial charge in [-0.1, -0.05) is 18.5 Å². The number of imide groups is 1. The van der Waals surface area contributed by atoms with Crippen molar-refractivity contribution in [3.63, 3.8) is 0 Å². The molecule has 0 radical (unpaired) electrons. The first kappa shape index (κ1) is 13.7. The Morgan fingerprint density at radius 2 is 2.26 bits per heavy atom. The molecule has 1 saturated heterocycles. The van der Waals surface area contributed by atoms with Gasteiger partial charge in [0.15, 0.2) is 0 Å². The van der Waals surface area contributed by atoms with E-state index in [1.165, 1.54) is 0 Å². The van der Waals surface area contributed by atoms with Crippen LogP contribution in [0.15, 0.2) is 18.2 Å². The van der Waals surface area contributed by atoms with E-state index in [-0.39, 0.29) is 18.2 Å². The number of ether oxygens (including phenoxy) is 1. The van der Waals surface area contributed by atoms with Gasteiger partial charge >= 0.3 is 0 Å². The first-order valence-electron chi connectivity index (χ1n) is 6.12. The topological polar surface area (TPSA) is 67.4 Å². The van der Waals surface area contributed by atoms with E-state index in [1.54, 1.807) is 18.2 Å². The molecular formula is C13H15ClN2O3. The number of nitrogens with one attached hydrogen (secondary N) is 2. The molecule has 6 heteroatoms. The molecular weight excluding hydrogens is 268 g/mol. The first-order valence-corrected chi connectivity index (χ1v) is 6.50. The van der Waals surface area contributed by atoms with Crippen LogP contribution >= 0.6 is 11.6 Å². The lowest BCUT2D eigenvalue weighted by Gasteiger charge is -2.13. The van der Waals surface area contributed by atoms with Crippen LogP contribution in [0, 0.1) is 0 Å². The zero-order valence-electron chi connectivity index (χ0n) is 10.5. The van der Waals surface area contributed by atoms with Gasteiger partial charge in [0.2, 0.25) is 11.8 Å². The molecule has 0 aliphatic carbocycles. The summed E-state index contributed by atoms with van der Waals surface area (Å²) in [5, 5.41) is 5.69. The van der Waals surface area contributed by atoms with Gasteiger partial charge in [-0.3, -0.25) is 14.9 Å². The van der Waals surface area contributed by atoms with Gasteiger partial charge in [0, 0.05) is 5.69 Å². The lowest BCUT2D eigenvalue weighted by molar-refractivity contribution is -0.124. The van der Waals surface area contributed by atoms with E-state index in [9.17, 15) is 9.59 Å². The molecule has 2 N–H and O–H groups in total. The van der Waals surface area contributed by atoms with Crippen LogP contribution in [-0.4, -0.2) is 24.5 Å². The largest absolute Gasteiger partial charge is 0.492 e. The molecule has 1 aromatic carbocycles. The monoisotopic (exact) mass is 282 g/mol. The van der Waals surface area contributed by atoms with Crippen molar-refractivity contribution in [1.82, 2.24) is 5.32 Å². The minimum Gasteiger partial charge on any atom is -0.492 e. The summed E-state index contributed by atoms with van der Waals surface area (Å²) in [6.45, 7) is 2.62. The van der Waals surface area contributed by atoms with Gasteiger partial charge in [0.1, 0.15) is 11.8 Å². The molecule has 1 fully saturated rings. The molecule has 1 aliphatic heterocycles. The number of carbonyl (C=O) groups is 2. The van der Waals surface area contributed by atoms with Gasteiger partial charge in [-0.25, -0.2) is 0 Å². The predicted octanol–water partition coefficient (Wildman–Crippen LogP) is 1.96. The number of benzene rings is 1. The van der Waals surface area contributed by atoms with Crippen LogP contribution in [0.5, 0.6) is 5.75 Å². The molecule has 0 saturated carbocycles. The molecule has 102 valence electrons. The highest BCUT2D eigenvalue weighted by Crippen LogP contribution is 2.28.